The Labute approximate surface area is 160 Å². The SMILES string of the molecule is Cc1nc2c(F)cccc2cc1C(=O)NC(C)(COC1CCC1)CC(F)(F)F. The third kappa shape index (κ3) is 4.79. The molecule has 0 aliphatic heterocycles. The van der Waals surface area contributed by atoms with Crippen molar-refractivity contribution in [2.75, 3.05) is 6.61 Å². The fourth-order valence-electron chi connectivity index (χ4n) is 3.24. The first-order valence-electron chi connectivity index (χ1n) is 9.13. The van der Waals surface area contributed by atoms with Crippen molar-refractivity contribution in [1.82, 2.24) is 10.3 Å². The summed E-state index contributed by atoms with van der Waals surface area (Å²) < 4.78 is 58.7. The molecule has 1 N–H and O–H groups in total. The Kier molecular flexibility index (Phi) is 5.61. The Bertz CT molecular complexity index is 880. The van der Waals surface area contributed by atoms with Gasteiger partial charge in [0.1, 0.15) is 11.3 Å². The summed E-state index contributed by atoms with van der Waals surface area (Å²) in [7, 11) is 0. The number of amides is 1. The zero-order chi connectivity index (χ0) is 20.5. The molecule has 1 saturated carbocycles. The van der Waals surface area contributed by atoms with Crippen molar-refractivity contribution in [3.63, 3.8) is 0 Å². The number of carbonyl (C=O) groups excluding carboxylic acids is 1. The average molecular weight is 398 g/mol. The topological polar surface area (TPSA) is 51.2 Å². The van der Waals surface area contributed by atoms with E-state index in [4.69, 9.17) is 4.74 Å². The minimum absolute atomic E-state index is 0.0588. The van der Waals surface area contributed by atoms with Crippen molar-refractivity contribution in [1.29, 1.82) is 0 Å². The van der Waals surface area contributed by atoms with E-state index in [2.05, 4.69) is 10.3 Å². The number of hydrogen-bond donors (Lipinski definition) is 1. The second-order valence-electron chi connectivity index (χ2n) is 7.60. The van der Waals surface area contributed by atoms with E-state index >= 15 is 0 Å². The summed E-state index contributed by atoms with van der Waals surface area (Å²) in [6.45, 7) is 2.60. The van der Waals surface area contributed by atoms with Crippen molar-refractivity contribution in [2.45, 2.75) is 57.3 Å². The van der Waals surface area contributed by atoms with Crippen molar-refractivity contribution >= 4 is 16.8 Å². The maximum Gasteiger partial charge on any atom is 0.391 e. The molecule has 1 aliphatic carbocycles. The highest BCUT2D eigenvalue weighted by Crippen LogP contribution is 2.30. The molecule has 28 heavy (non-hydrogen) atoms. The van der Waals surface area contributed by atoms with E-state index in [9.17, 15) is 22.4 Å². The van der Waals surface area contributed by atoms with Crippen molar-refractivity contribution in [3.8, 4) is 0 Å². The van der Waals surface area contributed by atoms with Gasteiger partial charge in [0.05, 0.1) is 35.9 Å². The van der Waals surface area contributed by atoms with Crippen molar-refractivity contribution < 1.29 is 27.1 Å². The van der Waals surface area contributed by atoms with E-state index < -0.39 is 29.9 Å². The maximum absolute atomic E-state index is 13.9. The van der Waals surface area contributed by atoms with Crippen LogP contribution in [0.15, 0.2) is 24.3 Å². The number of ether oxygens (including phenoxy) is 1. The summed E-state index contributed by atoms with van der Waals surface area (Å²) in [4.78, 5) is 16.9. The molecule has 4 nitrogen and oxygen atoms in total. The number of fused-ring (bicyclic) bond motifs is 1. The van der Waals surface area contributed by atoms with Gasteiger partial charge in [-0.3, -0.25) is 4.79 Å². The van der Waals surface area contributed by atoms with Gasteiger partial charge in [-0.25, -0.2) is 9.37 Å². The summed E-state index contributed by atoms with van der Waals surface area (Å²) in [6.07, 6.45) is -3.12. The van der Waals surface area contributed by atoms with E-state index in [1.54, 1.807) is 6.07 Å². The number of carbonyl (C=O) groups is 1. The highest BCUT2D eigenvalue weighted by atomic mass is 19.4. The van der Waals surface area contributed by atoms with E-state index in [1.165, 1.54) is 32.0 Å². The fourth-order valence-corrected chi connectivity index (χ4v) is 3.24. The Morgan fingerprint density at radius 3 is 2.64 bits per heavy atom. The zero-order valence-corrected chi connectivity index (χ0v) is 15.7. The number of hydrogen-bond acceptors (Lipinski definition) is 3. The molecule has 0 radical (unpaired) electrons. The largest absolute Gasteiger partial charge is 0.391 e. The molecule has 3 rings (SSSR count). The third-order valence-electron chi connectivity index (χ3n) is 4.93. The molecule has 1 atom stereocenters. The predicted molar refractivity (Wildman–Crippen MR) is 96.6 cm³/mol. The van der Waals surface area contributed by atoms with Crippen LogP contribution in [0.1, 0.15) is 48.7 Å². The molecule has 0 bridgehead atoms. The lowest BCUT2D eigenvalue weighted by atomic mass is 9.94. The lowest BCUT2D eigenvalue weighted by molar-refractivity contribution is -0.156. The van der Waals surface area contributed by atoms with Crippen LogP contribution < -0.4 is 5.32 Å². The maximum atomic E-state index is 13.9. The number of nitrogens with one attached hydrogen (secondary N) is 1. The molecule has 1 aromatic carbocycles. The van der Waals surface area contributed by atoms with Gasteiger partial charge >= 0.3 is 6.18 Å². The van der Waals surface area contributed by atoms with Crippen LogP contribution in [0.3, 0.4) is 0 Å². The molecular formula is C20H22F4N2O2. The second kappa shape index (κ2) is 7.66. The van der Waals surface area contributed by atoms with E-state index in [0.717, 1.165) is 19.3 Å². The Morgan fingerprint density at radius 2 is 2.04 bits per heavy atom. The number of nitrogens with zero attached hydrogens (tertiary/aromatic N) is 1. The molecule has 1 amide bonds. The zero-order valence-electron chi connectivity index (χ0n) is 15.7. The van der Waals surface area contributed by atoms with Gasteiger partial charge in [0, 0.05) is 5.39 Å². The molecule has 1 heterocycles. The lowest BCUT2D eigenvalue weighted by Crippen LogP contribution is -2.53. The van der Waals surface area contributed by atoms with Gasteiger partial charge in [0.15, 0.2) is 0 Å². The van der Waals surface area contributed by atoms with Gasteiger partial charge in [-0.05, 0) is 45.2 Å². The molecule has 1 unspecified atom stereocenters. The highest BCUT2D eigenvalue weighted by Gasteiger charge is 2.41. The number of aryl methyl sites for hydroxylation is 1. The molecule has 1 aromatic heterocycles. The highest BCUT2D eigenvalue weighted by molar-refractivity contribution is 5.99. The Morgan fingerprint density at radius 1 is 1.32 bits per heavy atom. The summed E-state index contributed by atoms with van der Waals surface area (Å²) in [5.74, 6) is -1.22. The number of benzene rings is 1. The minimum atomic E-state index is -4.47. The Hall–Kier alpha value is -2.22. The van der Waals surface area contributed by atoms with Crippen LogP contribution in [0, 0.1) is 12.7 Å². The third-order valence-corrected chi connectivity index (χ3v) is 4.93. The number of alkyl halides is 3. The predicted octanol–water partition coefficient (Wildman–Crippen LogP) is 4.69. The summed E-state index contributed by atoms with van der Waals surface area (Å²) in [6, 6.07) is 5.77. The lowest BCUT2D eigenvalue weighted by Gasteiger charge is -2.35. The fraction of sp³-hybridized carbons (Fsp3) is 0.500. The van der Waals surface area contributed by atoms with Crippen LogP contribution in [0.4, 0.5) is 17.6 Å². The van der Waals surface area contributed by atoms with E-state index in [1.807, 2.05) is 0 Å². The first-order chi connectivity index (χ1) is 13.1. The van der Waals surface area contributed by atoms with Gasteiger partial charge < -0.3 is 10.1 Å². The van der Waals surface area contributed by atoms with Crippen molar-refractivity contribution in [3.05, 3.63) is 41.3 Å². The van der Waals surface area contributed by atoms with Crippen LogP contribution in [-0.2, 0) is 4.74 Å². The number of halogens is 4. The summed E-state index contributed by atoms with van der Waals surface area (Å²) in [5.41, 5.74) is -1.16. The number of para-hydroxylation sites is 1. The Balaban J connectivity index is 1.84. The normalized spacial score (nSPS) is 17.2. The first kappa shape index (κ1) is 20.5. The molecule has 0 spiro atoms. The van der Waals surface area contributed by atoms with E-state index in [0.29, 0.717) is 5.39 Å². The quantitative estimate of drug-likeness (QED) is 0.718. The monoisotopic (exact) mass is 398 g/mol. The average Bonchev–Trinajstić information content (AvgIpc) is 2.51. The first-order valence-corrected chi connectivity index (χ1v) is 9.13. The molecular weight excluding hydrogens is 376 g/mol. The summed E-state index contributed by atoms with van der Waals surface area (Å²) >= 11 is 0. The van der Waals surface area contributed by atoms with Gasteiger partial charge in [0.2, 0.25) is 0 Å². The summed E-state index contributed by atoms with van der Waals surface area (Å²) in [5, 5.41) is 2.87. The molecule has 2 aromatic rings. The number of aromatic nitrogens is 1. The van der Waals surface area contributed by atoms with Crippen LogP contribution in [0.25, 0.3) is 10.9 Å². The minimum Gasteiger partial charge on any atom is -0.376 e. The molecule has 0 saturated heterocycles. The van der Waals surface area contributed by atoms with Crippen LogP contribution >= 0.6 is 0 Å². The van der Waals surface area contributed by atoms with Gasteiger partial charge in [-0.2, -0.15) is 13.2 Å². The second-order valence-corrected chi connectivity index (χ2v) is 7.60. The van der Waals surface area contributed by atoms with Gasteiger partial charge in [-0.15, -0.1) is 0 Å². The van der Waals surface area contributed by atoms with Crippen molar-refractivity contribution in [2.24, 2.45) is 0 Å². The smallest absolute Gasteiger partial charge is 0.376 e. The van der Waals surface area contributed by atoms with Gasteiger partial charge in [0.25, 0.3) is 5.91 Å². The number of pyridine rings is 1. The van der Waals surface area contributed by atoms with Gasteiger partial charge in [-0.1, -0.05) is 12.1 Å². The molecule has 1 aliphatic rings. The van der Waals surface area contributed by atoms with Crippen LogP contribution in [0.5, 0.6) is 0 Å². The molecule has 152 valence electrons. The van der Waals surface area contributed by atoms with Crippen LogP contribution in [0.2, 0.25) is 0 Å². The van der Waals surface area contributed by atoms with E-state index in [-0.39, 0.29) is 29.5 Å². The molecule has 8 heteroatoms. The van der Waals surface area contributed by atoms with Crippen LogP contribution in [-0.4, -0.2) is 35.3 Å². The molecule has 1 fully saturated rings. The standard InChI is InChI=1S/C20H22F4N2O2/c1-12-15(9-13-5-3-8-16(21)17(13)25-12)18(27)26-19(2,10-20(22,23)24)11-28-14-6-4-7-14/h3,5,8-9,14H,4,6-7,10-11H2,1-2H3,(H,26,27). The number of rotatable bonds is 6.